The zero-order chi connectivity index (χ0) is 15.2. The third-order valence-electron chi connectivity index (χ3n) is 3.66. The molecule has 0 saturated heterocycles. The smallest absolute Gasteiger partial charge is 0.323 e. The first-order valence-corrected chi connectivity index (χ1v) is 6.90. The molecule has 0 aromatic heterocycles. The van der Waals surface area contributed by atoms with E-state index in [1.54, 1.807) is 6.08 Å². The molecule has 1 atom stereocenters. The second kappa shape index (κ2) is 7.22. The van der Waals surface area contributed by atoms with Crippen molar-refractivity contribution in [3.05, 3.63) is 12.2 Å². The molecule has 1 fully saturated rings. The minimum Gasteiger partial charge on any atom is -0.468 e. The number of carbonyl (C=O) groups excluding carboxylic acids is 3. The zero-order valence-corrected chi connectivity index (χ0v) is 12.3. The lowest BCUT2D eigenvalue weighted by Gasteiger charge is -2.10. The van der Waals surface area contributed by atoms with Gasteiger partial charge in [-0.1, -0.05) is 25.8 Å². The molecule has 0 amide bonds. The molecule has 0 aromatic carbocycles. The Morgan fingerprint density at radius 1 is 1.15 bits per heavy atom. The Morgan fingerprint density at radius 2 is 1.75 bits per heavy atom. The first-order valence-electron chi connectivity index (χ1n) is 6.90. The average molecular weight is 282 g/mol. The summed E-state index contributed by atoms with van der Waals surface area (Å²) in [6.07, 6.45) is 6.88. The number of esters is 2. The van der Waals surface area contributed by atoms with Gasteiger partial charge in [0.15, 0.2) is 11.2 Å². The fourth-order valence-electron chi connectivity index (χ4n) is 2.29. The van der Waals surface area contributed by atoms with Crippen molar-refractivity contribution < 1.29 is 23.9 Å². The normalized spacial score (nSPS) is 19.6. The highest BCUT2D eigenvalue weighted by atomic mass is 16.5. The van der Waals surface area contributed by atoms with E-state index in [9.17, 15) is 14.4 Å². The Kier molecular flexibility index (Phi) is 5.92. The van der Waals surface area contributed by atoms with E-state index in [2.05, 4.69) is 16.4 Å². The van der Waals surface area contributed by atoms with Crippen LogP contribution in [0.1, 0.15) is 39.0 Å². The van der Waals surface area contributed by atoms with Gasteiger partial charge in [0.25, 0.3) is 0 Å². The van der Waals surface area contributed by atoms with Crippen molar-refractivity contribution in [3.63, 3.8) is 0 Å². The summed E-state index contributed by atoms with van der Waals surface area (Å²) < 4.78 is 9.32. The Labute approximate surface area is 119 Å². The van der Waals surface area contributed by atoms with E-state index in [4.69, 9.17) is 0 Å². The summed E-state index contributed by atoms with van der Waals surface area (Å²) in [6.45, 7) is 2.07. The number of carbonyl (C=O) groups is 3. The zero-order valence-electron chi connectivity index (χ0n) is 12.3. The lowest BCUT2D eigenvalue weighted by molar-refractivity contribution is -0.161. The molecule has 0 bridgehead atoms. The Morgan fingerprint density at radius 3 is 2.25 bits per heavy atom. The molecule has 0 aliphatic heterocycles. The van der Waals surface area contributed by atoms with Crippen molar-refractivity contribution in [2.24, 2.45) is 11.3 Å². The number of unbranched alkanes of at least 4 members (excludes halogenated alkanes) is 2. The summed E-state index contributed by atoms with van der Waals surface area (Å²) in [7, 11) is 2.48. The Hall–Kier alpha value is -1.65. The standard InChI is InChI=1S/C15H22O5/c1-4-5-6-7-12(16)9-8-11-10-15(11,13(17)19-2)14(18)20-3/h8-9,11H,4-7,10H2,1-3H3. The van der Waals surface area contributed by atoms with Crippen LogP contribution in [0.4, 0.5) is 0 Å². The number of hydrogen-bond donors (Lipinski definition) is 0. The molecule has 1 aliphatic rings. The van der Waals surface area contributed by atoms with Crippen molar-refractivity contribution in [2.75, 3.05) is 14.2 Å². The molecule has 0 N–H and O–H groups in total. The van der Waals surface area contributed by atoms with Gasteiger partial charge in [-0.15, -0.1) is 0 Å². The molecular weight excluding hydrogens is 260 g/mol. The van der Waals surface area contributed by atoms with E-state index >= 15 is 0 Å². The molecule has 1 unspecified atom stereocenters. The summed E-state index contributed by atoms with van der Waals surface area (Å²) in [5.74, 6) is -1.48. The fourth-order valence-corrected chi connectivity index (χ4v) is 2.29. The van der Waals surface area contributed by atoms with Gasteiger partial charge in [0.1, 0.15) is 0 Å². The van der Waals surface area contributed by atoms with Gasteiger partial charge >= 0.3 is 11.9 Å². The van der Waals surface area contributed by atoms with E-state index in [0.29, 0.717) is 12.8 Å². The molecule has 0 spiro atoms. The average Bonchev–Trinajstić information content (AvgIpc) is 3.19. The highest BCUT2D eigenvalue weighted by Crippen LogP contribution is 2.55. The molecule has 0 heterocycles. The first kappa shape index (κ1) is 16.4. The number of ketones is 1. The molecule has 1 saturated carbocycles. The van der Waals surface area contributed by atoms with Crippen LogP contribution in [0.3, 0.4) is 0 Å². The van der Waals surface area contributed by atoms with Gasteiger partial charge in [0, 0.05) is 12.3 Å². The van der Waals surface area contributed by atoms with Crippen LogP contribution >= 0.6 is 0 Å². The summed E-state index contributed by atoms with van der Waals surface area (Å²) in [5, 5.41) is 0. The Bertz CT molecular complexity index is 394. The van der Waals surface area contributed by atoms with Gasteiger partial charge in [-0.3, -0.25) is 14.4 Å². The molecule has 20 heavy (non-hydrogen) atoms. The number of hydrogen-bond acceptors (Lipinski definition) is 5. The molecule has 1 aliphatic carbocycles. The number of allylic oxidation sites excluding steroid dienone is 2. The van der Waals surface area contributed by atoms with Crippen molar-refractivity contribution in [2.45, 2.75) is 39.0 Å². The number of methoxy groups -OCH3 is 2. The fraction of sp³-hybridized carbons (Fsp3) is 0.667. The van der Waals surface area contributed by atoms with Gasteiger partial charge in [-0.05, 0) is 18.9 Å². The van der Waals surface area contributed by atoms with Gasteiger partial charge in [0.2, 0.25) is 0 Å². The van der Waals surface area contributed by atoms with E-state index < -0.39 is 17.4 Å². The topological polar surface area (TPSA) is 69.7 Å². The molecule has 5 heteroatoms. The SMILES string of the molecule is CCCCCC(=O)C=CC1CC1(C(=O)OC)C(=O)OC. The van der Waals surface area contributed by atoms with Crippen molar-refractivity contribution >= 4 is 17.7 Å². The van der Waals surface area contributed by atoms with E-state index in [-0.39, 0.29) is 11.7 Å². The minimum atomic E-state index is -1.25. The van der Waals surface area contributed by atoms with Crippen LogP contribution in [0, 0.1) is 11.3 Å². The minimum absolute atomic E-state index is 0.0222. The van der Waals surface area contributed by atoms with Crippen LogP contribution in [0.2, 0.25) is 0 Å². The van der Waals surface area contributed by atoms with E-state index in [1.807, 2.05) is 0 Å². The molecule has 0 aromatic rings. The second-order valence-corrected chi connectivity index (χ2v) is 5.05. The summed E-state index contributed by atoms with van der Waals surface area (Å²) in [4.78, 5) is 35.1. The maximum Gasteiger partial charge on any atom is 0.323 e. The van der Waals surface area contributed by atoms with Crippen LogP contribution in [-0.4, -0.2) is 31.9 Å². The van der Waals surface area contributed by atoms with Crippen molar-refractivity contribution in [1.82, 2.24) is 0 Å². The monoisotopic (exact) mass is 282 g/mol. The predicted octanol–water partition coefficient (Wildman–Crippen LogP) is 2.04. The van der Waals surface area contributed by atoms with Gasteiger partial charge in [0.05, 0.1) is 14.2 Å². The van der Waals surface area contributed by atoms with Crippen LogP contribution in [0.5, 0.6) is 0 Å². The van der Waals surface area contributed by atoms with Crippen LogP contribution < -0.4 is 0 Å². The van der Waals surface area contributed by atoms with Gasteiger partial charge < -0.3 is 9.47 Å². The third-order valence-corrected chi connectivity index (χ3v) is 3.66. The van der Waals surface area contributed by atoms with Crippen molar-refractivity contribution in [1.29, 1.82) is 0 Å². The van der Waals surface area contributed by atoms with Crippen LogP contribution in [-0.2, 0) is 23.9 Å². The maximum absolute atomic E-state index is 11.7. The Balaban J connectivity index is 2.59. The molecule has 5 nitrogen and oxygen atoms in total. The molecule has 1 rings (SSSR count). The first-order chi connectivity index (χ1) is 9.52. The summed E-state index contributed by atoms with van der Waals surface area (Å²) in [5.41, 5.74) is -1.25. The second-order valence-electron chi connectivity index (χ2n) is 5.05. The highest BCUT2D eigenvalue weighted by molar-refractivity contribution is 6.04. The number of rotatable bonds is 8. The maximum atomic E-state index is 11.7. The third kappa shape index (κ3) is 3.46. The highest BCUT2D eigenvalue weighted by Gasteiger charge is 2.66. The quantitative estimate of drug-likeness (QED) is 0.295. The predicted molar refractivity (Wildman–Crippen MR) is 72.9 cm³/mol. The molecule has 0 radical (unpaired) electrons. The lowest BCUT2D eigenvalue weighted by atomic mass is 10.0. The molecule has 112 valence electrons. The number of ether oxygens (including phenoxy) is 2. The lowest BCUT2D eigenvalue weighted by Crippen LogP contribution is -2.30. The van der Waals surface area contributed by atoms with Crippen LogP contribution in [0.25, 0.3) is 0 Å². The van der Waals surface area contributed by atoms with Crippen molar-refractivity contribution in [3.8, 4) is 0 Å². The summed E-state index contributed by atoms with van der Waals surface area (Å²) in [6, 6.07) is 0. The van der Waals surface area contributed by atoms with Crippen LogP contribution in [0.15, 0.2) is 12.2 Å². The molecular formula is C15H22O5. The van der Waals surface area contributed by atoms with E-state index in [0.717, 1.165) is 19.3 Å². The van der Waals surface area contributed by atoms with Gasteiger partial charge in [-0.2, -0.15) is 0 Å². The summed E-state index contributed by atoms with van der Waals surface area (Å²) >= 11 is 0. The van der Waals surface area contributed by atoms with Gasteiger partial charge in [-0.25, -0.2) is 0 Å². The van der Waals surface area contributed by atoms with E-state index in [1.165, 1.54) is 20.3 Å². The largest absolute Gasteiger partial charge is 0.468 e.